The third-order valence-corrected chi connectivity index (χ3v) is 2.03. The number of hydrogen-bond donors (Lipinski definition) is 1. The van der Waals surface area contributed by atoms with E-state index in [1.807, 2.05) is 6.07 Å². The van der Waals surface area contributed by atoms with Crippen molar-refractivity contribution in [3.8, 4) is 0 Å². The number of hydrogen-bond acceptors (Lipinski definition) is 3. The Morgan fingerprint density at radius 1 is 1.36 bits per heavy atom. The number of rotatable bonds is 3. The largest absolute Gasteiger partial charge is 0.396 e. The molecule has 14 heavy (non-hydrogen) atoms. The van der Waals surface area contributed by atoms with Crippen LogP contribution in [0.1, 0.15) is 38.7 Å². The lowest BCUT2D eigenvalue weighted by atomic mass is 9.92. The van der Waals surface area contributed by atoms with E-state index in [2.05, 4.69) is 30.7 Å². The van der Waals surface area contributed by atoms with Crippen LogP contribution in [-0.2, 0) is 11.8 Å². The topological polar surface area (TPSA) is 46.0 Å². The molecule has 0 amide bonds. The maximum atomic E-state index is 8.70. The van der Waals surface area contributed by atoms with Crippen LogP contribution in [0.4, 0.5) is 0 Å². The molecule has 1 rings (SSSR count). The summed E-state index contributed by atoms with van der Waals surface area (Å²) in [5.74, 6) is 0.825. The fraction of sp³-hybridized carbons (Fsp3) is 0.636. The van der Waals surface area contributed by atoms with Crippen molar-refractivity contribution >= 4 is 0 Å². The van der Waals surface area contributed by atoms with E-state index in [4.69, 9.17) is 5.11 Å². The molecular weight excluding hydrogens is 176 g/mol. The minimum absolute atomic E-state index is 0.0664. The predicted molar refractivity (Wildman–Crippen MR) is 56.1 cm³/mol. The van der Waals surface area contributed by atoms with E-state index < -0.39 is 0 Å². The van der Waals surface area contributed by atoms with Gasteiger partial charge in [0.15, 0.2) is 0 Å². The molecule has 0 saturated carbocycles. The van der Waals surface area contributed by atoms with Gasteiger partial charge in [-0.25, -0.2) is 9.97 Å². The third kappa shape index (κ3) is 3.07. The van der Waals surface area contributed by atoms with Crippen LogP contribution in [0.3, 0.4) is 0 Å². The zero-order valence-corrected chi connectivity index (χ0v) is 9.12. The molecule has 0 aliphatic heterocycles. The molecule has 0 aromatic carbocycles. The number of aromatic nitrogens is 2. The van der Waals surface area contributed by atoms with Crippen molar-refractivity contribution in [2.24, 2.45) is 0 Å². The molecule has 0 saturated heterocycles. The summed E-state index contributed by atoms with van der Waals surface area (Å²) in [5, 5.41) is 8.70. The number of aliphatic hydroxyl groups is 1. The van der Waals surface area contributed by atoms with E-state index in [0.29, 0.717) is 0 Å². The quantitative estimate of drug-likeness (QED) is 0.796. The minimum Gasteiger partial charge on any atom is -0.396 e. The summed E-state index contributed by atoms with van der Waals surface area (Å²) in [6.45, 7) is 6.59. The molecule has 0 bridgehead atoms. The van der Waals surface area contributed by atoms with Gasteiger partial charge >= 0.3 is 0 Å². The molecule has 1 aromatic heterocycles. The summed E-state index contributed by atoms with van der Waals surface area (Å²) in [4.78, 5) is 8.63. The van der Waals surface area contributed by atoms with E-state index in [9.17, 15) is 0 Å². The van der Waals surface area contributed by atoms with E-state index >= 15 is 0 Å². The second-order valence-electron chi connectivity index (χ2n) is 4.44. The Labute approximate surface area is 85.2 Å². The molecule has 3 heteroatoms. The van der Waals surface area contributed by atoms with Crippen molar-refractivity contribution in [2.75, 3.05) is 6.61 Å². The maximum Gasteiger partial charge on any atom is 0.128 e. The summed E-state index contributed by atoms with van der Waals surface area (Å²) in [7, 11) is 0. The highest BCUT2D eigenvalue weighted by Gasteiger charge is 2.15. The molecule has 0 fully saturated rings. The first-order chi connectivity index (χ1) is 6.54. The van der Waals surface area contributed by atoms with E-state index in [-0.39, 0.29) is 12.0 Å². The molecule has 0 atom stereocenters. The first-order valence-corrected chi connectivity index (χ1v) is 4.97. The van der Waals surface area contributed by atoms with Crippen LogP contribution < -0.4 is 0 Å². The highest BCUT2D eigenvalue weighted by atomic mass is 16.2. The van der Waals surface area contributed by atoms with Crippen LogP contribution in [0.15, 0.2) is 12.3 Å². The van der Waals surface area contributed by atoms with Crippen LogP contribution in [0.2, 0.25) is 0 Å². The predicted octanol–water partition coefficient (Wildman–Crippen LogP) is 1.70. The summed E-state index contributed by atoms with van der Waals surface area (Å²) in [6.07, 6.45) is 3.27. The van der Waals surface area contributed by atoms with Crippen LogP contribution >= 0.6 is 0 Å². The summed E-state index contributed by atoms with van der Waals surface area (Å²) in [6, 6.07) is 1.95. The monoisotopic (exact) mass is 194 g/mol. The molecule has 0 aliphatic rings. The van der Waals surface area contributed by atoms with Crippen LogP contribution in [-0.4, -0.2) is 21.7 Å². The first kappa shape index (κ1) is 11.1. The Kier molecular flexibility index (Phi) is 3.58. The molecule has 1 heterocycles. The lowest BCUT2D eigenvalue weighted by Crippen LogP contribution is -2.15. The van der Waals surface area contributed by atoms with E-state index in [0.717, 1.165) is 24.4 Å². The second-order valence-corrected chi connectivity index (χ2v) is 4.44. The van der Waals surface area contributed by atoms with Gasteiger partial charge in [-0.2, -0.15) is 0 Å². The van der Waals surface area contributed by atoms with Gasteiger partial charge in [0.25, 0.3) is 0 Å². The second kappa shape index (κ2) is 4.51. The standard InChI is InChI=1S/C11H18N2O/c1-11(2,3)9-6-7-12-10(13-9)5-4-8-14/h6-7,14H,4-5,8H2,1-3H3. The van der Waals surface area contributed by atoms with Gasteiger partial charge in [0, 0.05) is 30.3 Å². The zero-order valence-electron chi connectivity index (χ0n) is 9.12. The van der Waals surface area contributed by atoms with Crippen LogP contribution in [0, 0.1) is 0 Å². The Bertz CT molecular complexity index is 292. The molecule has 1 aromatic rings. The van der Waals surface area contributed by atoms with Gasteiger partial charge in [-0.15, -0.1) is 0 Å². The van der Waals surface area contributed by atoms with Crippen molar-refractivity contribution in [2.45, 2.75) is 39.0 Å². The van der Waals surface area contributed by atoms with Gasteiger partial charge in [0.2, 0.25) is 0 Å². The average molecular weight is 194 g/mol. The minimum atomic E-state index is 0.0664. The van der Waals surface area contributed by atoms with Gasteiger partial charge < -0.3 is 5.11 Å². The average Bonchev–Trinajstić information content (AvgIpc) is 2.14. The van der Waals surface area contributed by atoms with Crippen molar-refractivity contribution in [3.63, 3.8) is 0 Å². The summed E-state index contributed by atoms with van der Waals surface area (Å²) >= 11 is 0. The number of nitrogens with zero attached hydrogens (tertiary/aromatic N) is 2. The number of aryl methyl sites for hydroxylation is 1. The lowest BCUT2D eigenvalue weighted by molar-refractivity contribution is 0.287. The molecular formula is C11H18N2O. The molecule has 1 N–H and O–H groups in total. The highest BCUT2D eigenvalue weighted by Crippen LogP contribution is 2.19. The Morgan fingerprint density at radius 2 is 2.07 bits per heavy atom. The van der Waals surface area contributed by atoms with Crippen molar-refractivity contribution < 1.29 is 5.11 Å². The smallest absolute Gasteiger partial charge is 0.128 e. The molecule has 0 unspecified atom stereocenters. The van der Waals surface area contributed by atoms with Gasteiger partial charge in [-0.05, 0) is 12.5 Å². The van der Waals surface area contributed by atoms with Crippen molar-refractivity contribution in [1.82, 2.24) is 9.97 Å². The Hall–Kier alpha value is -0.960. The van der Waals surface area contributed by atoms with E-state index in [1.165, 1.54) is 0 Å². The SMILES string of the molecule is CC(C)(C)c1ccnc(CCCO)n1. The normalized spacial score (nSPS) is 11.7. The van der Waals surface area contributed by atoms with Crippen LogP contribution in [0.25, 0.3) is 0 Å². The summed E-state index contributed by atoms with van der Waals surface area (Å²) < 4.78 is 0. The Balaban J connectivity index is 2.79. The summed E-state index contributed by atoms with van der Waals surface area (Å²) in [5.41, 5.74) is 1.12. The first-order valence-electron chi connectivity index (χ1n) is 4.97. The van der Waals surface area contributed by atoms with Crippen molar-refractivity contribution in [3.05, 3.63) is 23.8 Å². The van der Waals surface area contributed by atoms with Crippen LogP contribution in [0.5, 0.6) is 0 Å². The fourth-order valence-electron chi connectivity index (χ4n) is 1.17. The van der Waals surface area contributed by atoms with E-state index in [1.54, 1.807) is 6.20 Å². The van der Waals surface area contributed by atoms with Gasteiger partial charge in [0.05, 0.1) is 0 Å². The zero-order chi connectivity index (χ0) is 10.6. The maximum absolute atomic E-state index is 8.70. The third-order valence-electron chi connectivity index (χ3n) is 2.03. The Morgan fingerprint density at radius 3 is 2.64 bits per heavy atom. The fourth-order valence-corrected chi connectivity index (χ4v) is 1.17. The van der Waals surface area contributed by atoms with Gasteiger partial charge in [-0.1, -0.05) is 20.8 Å². The molecule has 0 aliphatic carbocycles. The number of aliphatic hydroxyl groups excluding tert-OH is 1. The van der Waals surface area contributed by atoms with Gasteiger partial charge in [-0.3, -0.25) is 0 Å². The lowest BCUT2D eigenvalue weighted by Gasteiger charge is -2.17. The molecule has 3 nitrogen and oxygen atoms in total. The highest BCUT2D eigenvalue weighted by molar-refractivity contribution is 5.12. The molecule has 78 valence electrons. The van der Waals surface area contributed by atoms with Gasteiger partial charge in [0.1, 0.15) is 5.82 Å². The molecule has 0 spiro atoms. The molecule has 0 radical (unpaired) electrons. The van der Waals surface area contributed by atoms with Crippen molar-refractivity contribution in [1.29, 1.82) is 0 Å².